The van der Waals surface area contributed by atoms with Crippen molar-refractivity contribution in [2.75, 3.05) is 36.9 Å². The number of aryl methyl sites for hydroxylation is 1. The number of hydrogen-bond donors (Lipinski definition) is 1. The first-order chi connectivity index (χ1) is 13.7. The Bertz CT molecular complexity index is 846. The molecule has 5 nitrogen and oxygen atoms in total. The molecule has 1 aromatic carbocycles. The van der Waals surface area contributed by atoms with Gasteiger partial charge in [0.1, 0.15) is 0 Å². The first-order valence-electron chi connectivity index (χ1n) is 9.58. The molecule has 0 unspecified atom stereocenters. The third kappa shape index (κ3) is 5.93. The molecular weight excluding hydrogens is 401 g/mol. The van der Waals surface area contributed by atoms with Gasteiger partial charge in [0.05, 0.1) is 28.5 Å². The highest BCUT2D eigenvalue weighted by atomic mass is 32.1. The molecule has 1 fully saturated rings. The number of alkyl halides is 3. The lowest BCUT2D eigenvalue weighted by molar-refractivity contribution is -0.137. The summed E-state index contributed by atoms with van der Waals surface area (Å²) in [7, 11) is 1.80. The Hall–Kier alpha value is -2.13. The lowest BCUT2D eigenvalue weighted by Gasteiger charge is -2.31. The fourth-order valence-electron chi connectivity index (χ4n) is 3.46. The molecule has 9 heteroatoms. The van der Waals surface area contributed by atoms with Gasteiger partial charge >= 0.3 is 6.18 Å². The number of hydrogen-bond acceptors (Lipinski definition) is 5. The Labute approximate surface area is 172 Å². The second kappa shape index (κ2) is 9.13. The van der Waals surface area contributed by atoms with Crippen LogP contribution in [0.1, 0.15) is 34.7 Å². The molecule has 1 amide bonds. The van der Waals surface area contributed by atoms with E-state index < -0.39 is 11.7 Å². The number of rotatable bonds is 6. The van der Waals surface area contributed by atoms with Gasteiger partial charge in [-0.05, 0) is 51.4 Å². The number of amides is 1. The van der Waals surface area contributed by atoms with Crippen molar-refractivity contribution in [3.05, 3.63) is 39.8 Å². The SMILES string of the molecule is Cc1ncc(CN(C)CC(=O)Nc2cc(C(F)(F)F)ccc2N2CCCCC2)s1. The van der Waals surface area contributed by atoms with Gasteiger partial charge in [-0.1, -0.05) is 0 Å². The maximum atomic E-state index is 13.2. The van der Waals surface area contributed by atoms with Gasteiger partial charge in [0.25, 0.3) is 0 Å². The number of benzene rings is 1. The van der Waals surface area contributed by atoms with Crippen LogP contribution in [0.25, 0.3) is 0 Å². The number of anilines is 2. The molecule has 0 radical (unpaired) electrons. The Balaban J connectivity index is 1.73. The molecule has 0 atom stereocenters. The van der Waals surface area contributed by atoms with Crippen LogP contribution in [0.3, 0.4) is 0 Å². The van der Waals surface area contributed by atoms with Crippen molar-refractivity contribution in [3.63, 3.8) is 0 Å². The molecule has 0 saturated carbocycles. The van der Waals surface area contributed by atoms with Crippen molar-refractivity contribution in [2.45, 2.75) is 38.9 Å². The van der Waals surface area contributed by atoms with Crippen LogP contribution in [0.4, 0.5) is 24.5 Å². The van der Waals surface area contributed by atoms with Crippen molar-refractivity contribution < 1.29 is 18.0 Å². The number of thiazole rings is 1. The van der Waals surface area contributed by atoms with E-state index in [4.69, 9.17) is 0 Å². The quantitative estimate of drug-likeness (QED) is 0.737. The van der Waals surface area contributed by atoms with Gasteiger partial charge in [0.15, 0.2) is 0 Å². The zero-order valence-corrected chi connectivity index (χ0v) is 17.4. The second-order valence-corrected chi connectivity index (χ2v) is 8.66. The maximum Gasteiger partial charge on any atom is 0.416 e. The highest BCUT2D eigenvalue weighted by molar-refractivity contribution is 7.11. The summed E-state index contributed by atoms with van der Waals surface area (Å²) in [6.07, 6.45) is 0.411. The van der Waals surface area contributed by atoms with Gasteiger partial charge in [0.2, 0.25) is 5.91 Å². The summed E-state index contributed by atoms with van der Waals surface area (Å²) in [5.74, 6) is -0.341. The summed E-state index contributed by atoms with van der Waals surface area (Å²) in [5.41, 5.74) is 0.0996. The topological polar surface area (TPSA) is 48.5 Å². The van der Waals surface area contributed by atoms with Crippen LogP contribution in [0.5, 0.6) is 0 Å². The van der Waals surface area contributed by atoms with Gasteiger partial charge in [-0.2, -0.15) is 13.2 Å². The van der Waals surface area contributed by atoms with Crippen molar-refractivity contribution in [1.82, 2.24) is 9.88 Å². The summed E-state index contributed by atoms with van der Waals surface area (Å²) in [6.45, 7) is 4.10. The van der Waals surface area contributed by atoms with Crippen LogP contribution in [0.2, 0.25) is 0 Å². The Morgan fingerprint density at radius 3 is 2.62 bits per heavy atom. The Morgan fingerprint density at radius 1 is 1.28 bits per heavy atom. The lowest BCUT2D eigenvalue weighted by Crippen LogP contribution is -2.32. The zero-order chi connectivity index (χ0) is 21.0. The molecule has 1 N–H and O–H groups in total. The standard InChI is InChI=1S/C20H25F3N4OS/c1-14-24-11-16(29-14)12-26(2)13-19(28)25-17-10-15(20(21,22)23)6-7-18(17)27-8-4-3-5-9-27/h6-7,10-11H,3-5,8-9,12-13H2,1-2H3,(H,25,28). The molecule has 29 heavy (non-hydrogen) atoms. The monoisotopic (exact) mass is 426 g/mol. The largest absolute Gasteiger partial charge is 0.416 e. The number of aromatic nitrogens is 1. The van der Waals surface area contributed by atoms with E-state index in [9.17, 15) is 18.0 Å². The maximum absolute atomic E-state index is 13.2. The van der Waals surface area contributed by atoms with Crippen LogP contribution < -0.4 is 10.2 Å². The van der Waals surface area contributed by atoms with Gasteiger partial charge in [-0.15, -0.1) is 11.3 Å². The molecule has 0 aliphatic carbocycles. The van der Waals surface area contributed by atoms with Crippen molar-refractivity contribution >= 4 is 28.6 Å². The molecule has 1 aromatic heterocycles. The molecule has 0 spiro atoms. The summed E-state index contributed by atoms with van der Waals surface area (Å²) in [4.78, 5) is 21.6. The Kier molecular flexibility index (Phi) is 6.79. The molecular formula is C20H25F3N4OS. The van der Waals surface area contributed by atoms with Gasteiger partial charge in [0, 0.05) is 30.7 Å². The fraction of sp³-hybridized carbons (Fsp3) is 0.500. The van der Waals surface area contributed by atoms with Crippen molar-refractivity contribution in [2.24, 2.45) is 0 Å². The summed E-state index contributed by atoms with van der Waals surface area (Å²) in [6, 6.07) is 3.58. The van der Waals surface area contributed by atoms with E-state index in [0.29, 0.717) is 12.2 Å². The number of nitrogens with one attached hydrogen (secondary N) is 1. The highest BCUT2D eigenvalue weighted by Crippen LogP contribution is 2.36. The van der Waals surface area contributed by atoms with E-state index in [0.717, 1.165) is 54.4 Å². The average Bonchev–Trinajstić information content (AvgIpc) is 3.06. The number of carbonyl (C=O) groups excluding carboxylic acids is 1. The minimum Gasteiger partial charge on any atom is -0.370 e. The Morgan fingerprint density at radius 2 is 2.00 bits per heavy atom. The summed E-state index contributed by atoms with van der Waals surface area (Å²) in [5, 5.41) is 3.66. The predicted molar refractivity (Wildman–Crippen MR) is 109 cm³/mol. The number of carbonyl (C=O) groups is 1. The average molecular weight is 427 g/mol. The number of halogens is 3. The van der Waals surface area contributed by atoms with Crippen LogP contribution in [0.15, 0.2) is 24.4 Å². The second-order valence-electron chi connectivity index (χ2n) is 7.34. The molecule has 2 heterocycles. The molecule has 1 aliphatic heterocycles. The molecule has 0 bridgehead atoms. The van der Waals surface area contributed by atoms with Gasteiger partial charge < -0.3 is 10.2 Å². The van der Waals surface area contributed by atoms with Crippen LogP contribution >= 0.6 is 11.3 Å². The van der Waals surface area contributed by atoms with Crippen LogP contribution in [0, 0.1) is 6.92 Å². The van der Waals surface area contributed by atoms with E-state index in [1.807, 2.05) is 16.7 Å². The summed E-state index contributed by atoms with van der Waals surface area (Å²) >= 11 is 1.56. The third-order valence-electron chi connectivity index (χ3n) is 4.80. The van der Waals surface area contributed by atoms with E-state index in [-0.39, 0.29) is 18.1 Å². The normalized spacial score (nSPS) is 15.0. The minimum absolute atomic E-state index is 0.0760. The smallest absolute Gasteiger partial charge is 0.370 e. The number of piperidine rings is 1. The molecule has 1 aliphatic rings. The van der Waals surface area contributed by atoms with Crippen molar-refractivity contribution in [3.8, 4) is 0 Å². The molecule has 3 rings (SSSR count). The van der Waals surface area contributed by atoms with Gasteiger partial charge in [-0.3, -0.25) is 9.69 Å². The summed E-state index contributed by atoms with van der Waals surface area (Å²) < 4.78 is 39.6. The number of nitrogens with zero attached hydrogens (tertiary/aromatic N) is 3. The van der Waals surface area contributed by atoms with Crippen molar-refractivity contribution in [1.29, 1.82) is 0 Å². The third-order valence-corrected chi connectivity index (χ3v) is 5.70. The van der Waals surface area contributed by atoms with E-state index in [1.54, 1.807) is 24.6 Å². The van der Waals surface area contributed by atoms with E-state index in [2.05, 4.69) is 10.3 Å². The van der Waals surface area contributed by atoms with Crippen LogP contribution in [-0.2, 0) is 17.5 Å². The first kappa shape index (κ1) is 21.6. The zero-order valence-electron chi connectivity index (χ0n) is 16.6. The van der Waals surface area contributed by atoms with E-state index >= 15 is 0 Å². The van der Waals surface area contributed by atoms with E-state index in [1.165, 1.54) is 6.07 Å². The van der Waals surface area contributed by atoms with Gasteiger partial charge in [-0.25, -0.2) is 4.98 Å². The first-order valence-corrected chi connectivity index (χ1v) is 10.4. The molecule has 2 aromatic rings. The number of likely N-dealkylation sites (N-methyl/N-ethyl adjacent to an activating group) is 1. The molecule has 1 saturated heterocycles. The lowest BCUT2D eigenvalue weighted by atomic mass is 10.1. The highest BCUT2D eigenvalue weighted by Gasteiger charge is 2.32. The predicted octanol–water partition coefficient (Wildman–Crippen LogP) is 4.53. The minimum atomic E-state index is -4.46. The van der Waals surface area contributed by atoms with Crippen LogP contribution in [-0.4, -0.2) is 42.5 Å². The fourth-order valence-corrected chi connectivity index (χ4v) is 4.33. The molecule has 158 valence electrons.